The Kier molecular flexibility index (Phi) is 7.09. The van der Waals surface area contributed by atoms with Gasteiger partial charge in [-0.2, -0.15) is 0 Å². The first-order valence-electron chi connectivity index (χ1n) is 11.3. The highest BCUT2D eigenvalue weighted by molar-refractivity contribution is 6.01. The molecule has 2 aliphatic rings. The third kappa shape index (κ3) is 4.60. The molecule has 0 saturated heterocycles. The number of aryl methyl sites for hydroxylation is 1. The monoisotopic (exact) mass is 470 g/mol. The van der Waals surface area contributed by atoms with Crippen LogP contribution in [0.25, 0.3) is 11.1 Å². The van der Waals surface area contributed by atoms with Crippen LogP contribution in [-0.4, -0.2) is 64.1 Å². The van der Waals surface area contributed by atoms with Gasteiger partial charge in [-0.25, -0.2) is 4.79 Å². The molecule has 2 aliphatic carbocycles. The largest absolute Gasteiger partial charge is 0.493 e. The molecule has 1 fully saturated rings. The van der Waals surface area contributed by atoms with Crippen molar-refractivity contribution in [3.63, 3.8) is 0 Å². The smallest absolute Gasteiger partial charge is 0.333 e. The minimum Gasteiger partial charge on any atom is -0.493 e. The summed E-state index contributed by atoms with van der Waals surface area (Å²) in [5, 5.41) is 9.78. The Balaban J connectivity index is 1.66. The number of ether oxygens (including phenoxy) is 5. The van der Waals surface area contributed by atoms with Gasteiger partial charge in [0, 0.05) is 30.1 Å². The number of methoxy groups -OCH3 is 3. The van der Waals surface area contributed by atoms with E-state index in [0.29, 0.717) is 49.5 Å². The van der Waals surface area contributed by atoms with Gasteiger partial charge < -0.3 is 28.8 Å². The molecule has 0 radical (unpaired) electrons. The van der Waals surface area contributed by atoms with Crippen molar-refractivity contribution in [2.45, 2.75) is 31.8 Å². The molecule has 34 heavy (non-hydrogen) atoms. The Morgan fingerprint density at radius 2 is 1.76 bits per heavy atom. The fourth-order valence-electron chi connectivity index (χ4n) is 4.51. The lowest BCUT2D eigenvalue weighted by atomic mass is 9.98. The van der Waals surface area contributed by atoms with Gasteiger partial charge in [0.1, 0.15) is 0 Å². The first kappa shape index (κ1) is 24.0. The Bertz CT molecular complexity index is 1070. The molecule has 2 aromatic carbocycles. The van der Waals surface area contributed by atoms with E-state index in [2.05, 4.69) is 0 Å². The average molecular weight is 471 g/mol. The number of hydrogen-bond donors (Lipinski definition) is 1. The van der Waals surface area contributed by atoms with Crippen LogP contribution in [0.4, 0.5) is 0 Å². The van der Waals surface area contributed by atoms with E-state index in [1.54, 1.807) is 20.3 Å². The van der Waals surface area contributed by atoms with Crippen LogP contribution >= 0.6 is 0 Å². The van der Waals surface area contributed by atoms with E-state index in [0.717, 1.165) is 22.3 Å². The molecule has 4 rings (SSSR count). The predicted molar refractivity (Wildman–Crippen MR) is 124 cm³/mol. The summed E-state index contributed by atoms with van der Waals surface area (Å²) in [6, 6.07) is 9.46. The van der Waals surface area contributed by atoms with E-state index in [-0.39, 0.29) is 19.0 Å². The maximum atomic E-state index is 12.1. The van der Waals surface area contributed by atoms with Crippen molar-refractivity contribution in [1.29, 1.82) is 0 Å². The SMILES string of the molecule is COCCOC(C(=O)O)C1(COc2c(-c3ccc4c(c3)CCC4=O)ccc(OC)c2OC)CC1. The summed E-state index contributed by atoms with van der Waals surface area (Å²) >= 11 is 0. The fourth-order valence-corrected chi connectivity index (χ4v) is 4.51. The molecule has 1 N–H and O–H groups in total. The van der Waals surface area contributed by atoms with E-state index >= 15 is 0 Å². The van der Waals surface area contributed by atoms with Crippen molar-refractivity contribution in [2.75, 3.05) is 41.2 Å². The number of carbonyl (C=O) groups excluding carboxylic acids is 1. The number of carboxylic acid groups (broad SMARTS) is 1. The quantitative estimate of drug-likeness (QED) is 0.468. The standard InChI is InChI=1S/C26H30O8/c1-30-12-13-33-24(25(28)29)26(10-11-26)15-34-22-19(7-9-21(31-2)23(22)32-3)17-4-6-18-16(14-17)5-8-20(18)27/h4,6-7,9,14,24H,5,8,10-13,15H2,1-3H3,(H,28,29). The summed E-state index contributed by atoms with van der Waals surface area (Å²) in [6.07, 6.45) is 1.61. The molecule has 1 atom stereocenters. The molecular weight excluding hydrogens is 440 g/mol. The lowest BCUT2D eigenvalue weighted by Gasteiger charge is -2.25. The molecule has 182 valence electrons. The molecule has 8 heteroatoms. The molecule has 0 spiro atoms. The number of carboxylic acids is 1. The number of rotatable bonds is 12. The first-order valence-corrected chi connectivity index (χ1v) is 11.3. The summed E-state index contributed by atoms with van der Waals surface area (Å²) in [5.74, 6) is 0.555. The number of carbonyl (C=O) groups is 2. The van der Waals surface area contributed by atoms with Gasteiger partial charge in [0.05, 0.1) is 34.0 Å². The summed E-state index contributed by atoms with van der Waals surface area (Å²) in [5.41, 5.74) is 2.82. The van der Waals surface area contributed by atoms with Gasteiger partial charge in [0.15, 0.2) is 23.4 Å². The summed E-state index contributed by atoms with van der Waals surface area (Å²) in [6.45, 7) is 0.656. The van der Waals surface area contributed by atoms with Crippen LogP contribution in [0.5, 0.6) is 17.2 Å². The zero-order valence-corrected chi connectivity index (χ0v) is 19.7. The highest BCUT2D eigenvalue weighted by atomic mass is 16.6. The molecule has 1 saturated carbocycles. The molecular formula is C26H30O8. The maximum absolute atomic E-state index is 12.1. The van der Waals surface area contributed by atoms with Crippen LogP contribution in [0.2, 0.25) is 0 Å². The highest BCUT2D eigenvalue weighted by Gasteiger charge is 2.54. The van der Waals surface area contributed by atoms with Gasteiger partial charge in [0.25, 0.3) is 0 Å². The zero-order chi connectivity index (χ0) is 24.3. The van der Waals surface area contributed by atoms with Gasteiger partial charge in [-0.1, -0.05) is 18.2 Å². The normalized spacial score (nSPS) is 16.6. The molecule has 0 bridgehead atoms. The predicted octanol–water partition coefficient (Wildman–Crippen LogP) is 3.77. The van der Waals surface area contributed by atoms with Crippen molar-refractivity contribution in [3.05, 3.63) is 41.5 Å². The maximum Gasteiger partial charge on any atom is 0.333 e. The highest BCUT2D eigenvalue weighted by Crippen LogP contribution is 2.52. The Labute approximate surface area is 198 Å². The lowest BCUT2D eigenvalue weighted by molar-refractivity contribution is -0.158. The average Bonchev–Trinajstić information content (AvgIpc) is 3.54. The van der Waals surface area contributed by atoms with Crippen LogP contribution in [0.1, 0.15) is 35.2 Å². The fraction of sp³-hybridized carbons (Fsp3) is 0.462. The molecule has 0 aromatic heterocycles. The lowest BCUT2D eigenvalue weighted by Crippen LogP contribution is -2.38. The second-order valence-electron chi connectivity index (χ2n) is 8.71. The van der Waals surface area contributed by atoms with E-state index in [1.807, 2.05) is 24.3 Å². The molecule has 2 aromatic rings. The molecule has 8 nitrogen and oxygen atoms in total. The van der Waals surface area contributed by atoms with Crippen molar-refractivity contribution < 1.29 is 38.4 Å². The Morgan fingerprint density at radius 3 is 2.41 bits per heavy atom. The Hall–Kier alpha value is -3.10. The molecule has 0 heterocycles. The number of benzene rings is 2. The van der Waals surface area contributed by atoms with Crippen LogP contribution in [0.15, 0.2) is 30.3 Å². The number of ketones is 1. The van der Waals surface area contributed by atoms with Gasteiger partial charge in [-0.3, -0.25) is 4.79 Å². The van der Waals surface area contributed by atoms with Gasteiger partial charge in [-0.05, 0) is 42.5 Å². The van der Waals surface area contributed by atoms with Crippen LogP contribution in [-0.2, 0) is 20.7 Å². The first-order chi connectivity index (χ1) is 16.4. The molecule has 0 amide bonds. The van der Waals surface area contributed by atoms with Crippen LogP contribution in [0.3, 0.4) is 0 Å². The number of aliphatic carboxylic acids is 1. The van der Waals surface area contributed by atoms with E-state index in [9.17, 15) is 14.7 Å². The number of hydrogen-bond acceptors (Lipinski definition) is 7. The van der Waals surface area contributed by atoms with Gasteiger partial charge in [0.2, 0.25) is 5.75 Å². The van der Waals surface area contributed by atoms with Crippen molar-refractivity contribution in [1.82, 2.24) is 0 Å². The van der Waals surface area contributed by atoms with E-state index in [4.69, 9.17) is 23.7 Å². The minimum atomic E-state index is -1.02. The molecule has 1 unspecified atom stereocenters. The second kappa shape index (κ2) is 10.0. The van der Waals surface area contributed by atoms with E-state index in [1.165, 1.54) is 7.11 Å². The van der Waals surface area contributed by atoms with Crippen LogP contribution < -0.4 is 14.2 Å². The van der Waals surface area contributed by atoms with E-state index < -0.39 is 17.5 Å². The summed E-state index contributed by atoms with van der Waals surface area (Å²) < 4.78 is 28.1. The van der Waals surface area contributed by atoms with Gasteiger partial charge >= 0.3 is 5.97 Å². The topological polar surface area (TPSA) is 101 Å². The van der Waals surface area contributed by atoms with Crippen LogP contribution in [0, 0.1) is 5.41 Å². The number of fused-ring (bicyclic) bond motifs is 1. The van der Waals surface area contributed by atoms with Crippen molar-refractivity contribution >= 4 is 11.8 Å². The second-order valence-corrected chi connectivity index (χ2v) is 8.71. The number of Topliss-reactive ketones (excluding diaryl/α,β-unsaturated/α-hetero) is 1. The van der Waals surface area contributed by atoms with Gasteiger partial charge in [-0.15, -0.1) is 0 Å². The minimum absolute atomic E-state index is 0.150. The van der Waals surface area contributed by atoms with Crippen molar-refractivity contribution in [2.24, 2.45) is 5.41 Å². The summed E-state index contributed by atoms with van der Waals surface area (Å²) in [4.78, 5) is 24.0. The van der Waals surface area contributed by atoms with Crippen molar-refractivity contribution in [3.8, 4) is 28.4 Å². The Morgan fingerprint density at radius 1 is 1.00 bits per heavy atom. The molecule has 0 aliphatic heterocycles. The third-order valence-electron chi connectivity index (χ3n) is 6.59. The zero-order valence-electron chi connectivity index (χ0n) is 19.7. The summed E-state index contributed by atoms with van der Waals surface area (Å²) in [7, 11) is 4.63. The third-order valence-corrected chi connectivity index (χ3v) is 6.59.